The lowest BCUT2D eigenvalue weighted by molar-refractivity contribution is -0.00272. The number of nitrogens with one attached hydrogen (secondary N) is 1. The summed E-state index contributed by atoms with van der Waals surface area (Å²) in [5.74, 6) is -0.639. The molecule has 0 aliphatic rings. The number of aromatic nitrogens is 1. The monoisotopic (exact) mass is 231 g/mol. The van der Waals surface area contributed by atoms with E-state index in [1.807, 2.05) is 0 Å². The van der Waals surface area contributed by atoms with Crippen LogP contribution in [0.5, 0.6) is 0 Å². The molecule has 1 amide bonds. The van der Waals surface area contributed by atoms with Gasteiger partial charge in [0.25, 0.3) is 12.3 Å². The molecule has 4 N–H and O–H groups in total. The number of hydrogen-bond acceptors (Lipinski definition) is 4. The highest BCUT2D eigenvalue weighted by Crippen LogP contribution is 2.02. The van der Waals surface area contributed by atoms with E-state index in [-0.39, 0.29) is 5.69 Å². The summed E-state index contributed by atoms with van der Waals surface area (Å²) < 4.78 is 23.8. The lowest BCUT2D eigenvalue weighted by atomic mass is 10.3. The van der Waals surface area contributed by atoms with Crippen LogP contribution in [0, 0.1) is 0 Å². The third kappa shape index (κ3) is 3.43. The first-order chi connectivity index (χ1) is 7.50. The van der Waals surface area contributed by atoms with Crippen LogP contribution in [-0.2, 0) is 0 Å². The van der Waals surface area contributed by atoms with Gasteiger partial charge in [0.1, 0.15) is 11.8 Å². The fraction of sp³-hybridized carbons (Fsp3) is 0.333. The number of nitrogens with two attached hydrogens (primary N) is 1. The number of nitrogens with zero attached hydrogens (tertiary/aromatic N) is 1. The molecule has 1 atom stereocenters. The maximum atomic E-state index is 11.9. The molecule has 0 fully saturated rings. The predicted octanol–water partition coefficient (Wildman–Crippen LogP) is 0.0196. The first-order valence-corrected chi connectivity index (χ1v) is 4.46. The highest BCUT2D eigenvalue weighted by atomic mass is 19.3. The molecule has 5 nitrogen and oxygen atoms in total. The van der Waals surface area contributed by atoms with E-state index in [9.17, 15) is 13.6 Å². The number of rotatable bonds is 4. The van der Waals surface area contributed by atoms with Gasteiger partial charge < -0.3 is 16.2 Å². The molecule has 0 radical (unpaired) electrons. The zero-order valence-corrected chi connectivity index (χ0v) is 8.23. The number of carbonyl (C=O) groups excluding carboxylic acids is 1. The Morgan fingerprint density at radius 3 is 2.75 bits per heavy atom. The zero-order chi connectivity index (χ0) is 12.1. The molecule has 0 aliphatic carbocycles. The maximum Gasteiger partial charge on any atom is 0.269 e. The lowest BCUT2D eigenvalue weighted by Crippen LogP contribution is -2.36. The first kappa shape index (κ1) is 12.3. The number of nitrogen functional groups attached to an aromatic ring is 1. The molecule has 0 saturated heterocycles. The fourth-order valence-corrected chi connectivity index (χ4v) is 0.917. The minimum absolute atomic E-state index is 0.0515. The summed E-state index contributed by atoms with van der Waals surface area (Å²) in [6.07, 6.45) is -3.49. The average Bonchev–Trinajstić information content (AvgIpc) is 2.26. The van der Waals surface area contributed by atoms with E-state index in [0.717, 1.165) is 0 Å². The van der Waals surface area contributed by atoms with Crippen LogP contribution in [0.4, 0.5) is 14.5 Å². The smallest absolute Gasteiger partial charge is 0.269 e. The van der Waals surface area contributed by atoms with Crippen LogP contribution in [0.1, 0.15) is 10.5 Å². The first-order valence-electron chi connectivity index (χ1n) is 4.46. The minimum atomic E-state index is -2.89. The molecule has 1 aromatic heterocycles. The molecule has 0 saturated carbocycles. The number of aliphatic hydroxyl groups excluding tert-OH is 1. The van der Waals surface area contributed by atoms with Crippen molar-refractivity contribution in [3.8, 4) is 0 Å². The van der Waals surface area contributed by atoms with Gasteiger partial charge in [-0.05, 0) is 12.1 Å². The molecule has 0 aliphatic heterocycles. The van der Waals surface area contributed by atoms with Gasteiger partial charge in [-0.25, -0.2) is 13.8 Å². The van der Waals surface area contributed by atoms with Crippen molar-refractivity contribution in [3.05, 3.63) is 24.0 Å². The van der Waals surface area contributed by atoms with Crippen molar-refractivity contribution in [2.75, 3.05) is 12.3 Å². The molecule has 16 heavy (non-hydrogen) atoms. The Morgan fingerprint density at radius 1 is 1.56 bits per heavy atom. The molecule has 0 bridgehead atoms. The normalized spacial score (nSPS) is 12.5. The standard InChI is InChI=1S/C9H11F2N3O2/c10-8(11)7(15)4-14-9(16)6-2-1-5(12)3-13-6/h1-3,7-8,15H,4,12H2,(H,14,16). The highest BCUT2D eigenvalue weighted by Gasteiger charge is 2.18. The molecule has 1 unspecified atom stereocenters. The number of alkyl halides is 2. The quantitative estimate of drug-likeness (QED) is 0.681. The molecular weight excluding hydrogens is 220 g/mol. The molecule has 1 rings (SSSR count). The third-order valence-electron chi connectivity index (χ3n) is 1.78. The van der Waals surface area contributed by atoms with Gasteiger partial charge in [-0.15, -0.1) is 0 Å². The van der Waals surface area contributed by atoms with E-state index in [2.05, 4.69) is 10.3 Å². The number of hydrogen-bond donors (Lipinski definition) is 3. The van der Waals surface area contributed by atoms with Gasteiger partial charge in [0.05, 0.1) is 11.9 Å². The third-order valence-corrected chi connectivity index (χ3v) is 1.78. The highest BCUT2D eigenvalue weighted by molar-refractivity contribution is 5.92. The summed E-state index contributed by atoms with van der Waals surface area (Å²) in [6, 6.07) is 2.82. The molecule has 7 heteroatoms. The van der Waals surface area contributed by atoms with E-state index in [1.165, 1.54) is 18.3 Å². The molecule has 1 aromatic rings. The zero-order valence-electron chi connectivity index (χ0n) is 8.23. The van der Waals surface area contributed by atoms with Gasteiger partial charge in [0.2, 0.25) is 0 Å². The topological polar surface area (TPSA) is 88.2 Å². The van der Waals surface area contributed by atoms with E-state index in [0.29, 0.717) is 5.69 Å². The summed E-state index contributed by atoms with van der Waals surface area (Å²) >= 11 is 0. The van der Waals surface area contributed by atoms with Gasteiger partial charge in [-0.1, -0.05) is 0 Å². The second-order valence-corrected chi connectivity index (χ2v) is 3.09. The lowest BCUT2D eigenvalue weighted by Gasteiger charge is -2.10. The Morgan fingerprint density at radius 2 is 2.25 bits per heavy atom. The van der Waals surface area contributed by atoms with Crippen LogP contribution >= 0.6 is 0 Å². The van der Waals surface area contributed by atoms with Crippen molar-refractivity contribution < 1.29 is 18.7 Å². The Kier molecular flexibility index (Phi) is 4.12. The van der Waals surface area contributed by atoms with Gasteiger partial charge in [-0.3, -0.25) is 4.79 Å². The van der Waals surface area contributed by atoms with Crippen molar-refractivity contribution in [2.24, 2.45) is 0 Å². The van der Waals surface area contributed by atoms with Crippen molar-refractivity contribution in [2.45, 2.75) is 12.5 Å². The molecule has 0 spiro atoms. The number of carbonyl (C=O) groups is 1. The van der Waals surface area contributed by atoms with Crippen LogP contribution in [-0.4, -0.2) is 35.1 Å². The fourth-order valence-electron chi connectivity index (χ4n) is 0.917. The van der Waals surface area contributed by atoms with Crippen LogP contribution in [0.2, 0.25) is 0 Å². The van der Waals surface area contributed by atoms with Crippen molar-refractivity contribution in [1.82, 2.24) is 10.3 Å². The molecule has 0 aromatic carbocycles. The van der Waals surface area contributed by atoms with Gasteiger partial charge in [0.15, 0.2) is 0 Å². The summed E-state index contributed by atoms with van der Waals surface area (Å²) in [7, 11) is 0. The van der Waals surface area contributed by atoms with E-state index >= 15 is 0 Å². The summed E-state index contributed by atoms with van der Waals surface area (Å²) in [5.41, 5.74) is 5.80. The number of anilines is 1. The van der Waals surface area contributed by atoms with Crippen LogP contribution in [0.15, 0.2) is 18.3 Å². The van der Waals surface area contributed by atoms with Gasteiger partial charge in [0, 0.05) is 6.54 Å². The number of pyridine rings is 1. The van der Waals surface area contributed by atoms with Crippen molar-refractivity contribution in [3.63, 3.8) is 0 Å². The predicted molar refractivity (Wildman–Crippen MR) is 53.0 cm³/mol. The summed E-state index contributed by atoms with van der Waals surface area (Å²) in [5, 5.41) is 10.9. The molecular formula is C9H11F2N3O2. The molecule has 88 valence electrons. The minimum Gasteiger partial charge on any atom is -0.397 e. The SMILES string of the molecule is Nc1ccc(C(=O)NCC(O)C(F)F)nc1. The Labute approximate surface area is 90.3 Å². The van der Waals surface area contributed by atoms with Crippen LogP contribution in [0.25, 0.3) is 0 Å². The average molecular weight is 231 g/mol. The Bertz CT molecular complexity index is 356. The maximum absolute atomic E-state index is 11.9. The van der Waals surface area contributed by atoms with Crippen molar-refractivity contribution in [1.29, 1.82) is 0 Å². The van der Waals surface area contributed by atoms with Crippen LogP contribution in [0.3, 0.4) is 0 Å². The largest absolute Gasteiger partial charge is 0.397 e. The van der Waals surface area contributed by atoms with Gasteiger partial charge >= 0.3 is 0 Å². The second kappa shape index (κ2) is 5.36. The van der Waals surface area contributed by atoms with Crippen molar-refractivity contribution >= 4 is 11.6 Å². The van der Waals surface area contributed by atoms with E-state index < -0.39 is 25.0 Å². The number of halogens is 2. The number of amides is 1. The van der Waals surface area contributed by atoms with E-state index in [1.54, 1.807) is 0 Å². The van der Waals surface area contributed by atoms with Gasteiger partial charge in [-0.2, -0.15) is 0 Å². The summed E-state index contributed by atoms with van der Waals surface area (Å²) in [4.78, 5) is 15.0. The Balaban J connectivity index is 2.50. The second-order valence-electron chi connectivity index (χ2n) is 3.09. The Hall–Kier alpha value is -1.76. The van der Waals surface area contributed by atoms with E-state index in [4.69, 9.17) is 10.8 Å². The summed E-state index contributed by atoms with van der Waals surface area (Å²) in [6.45, 7) is -0.525. The number of aliphatic hydroxyl groups is 1. The molecule has 1 heterocycles. The van der Waals surface area contributed by atoms with Crippen LogP contribution < -0.4 is 11.1 Å².